The number of hydrogen-bond donors (Lipinski definition) is 1. The fraction of sp³-hybridized carbons (Fsp3) is 0.533. The summed E-state index contributed by atoms with van der Waals surface area (Å²) in [6.07, 6.45) is 2.06. The Labute approximate surface area is 221 Å². The number of benzene rings is 2. The number of aldehydes is 1. The van der Waals surface area contributed by atoms with Crippen LogP contribution in [0.4, 0.5) is 0 Å². The molecule has 0 aliphatic heterocycles. The van der Waals surface area contributed by atoms with Gasteiger partial charge in [0.2, 0.25) is 0 Å². The lowest BCUT2D eigenvalue weighted by Gasteiger charge is -2.31. The van der Waals surface area contributed by atoms with Crippen molar-refractivity contribution in [2.75, 3.05) is 20.3 Å². The van der Waals surface area contributed by atoms with Gasteiger partial charge in [0.05, 0.1) is 6.61 Å². The van der Waals surface area contributed by atoms with Crippen LogP contribution in [-0.4, -0.2) is 43.7 Å². The molecule has 0 aromatic heterocycles. The fourth-order valence-electron chi connectivity index (χ4n) is 3.87. The Hall–Kier alpha value is -2.90. The average Bonchev–Trinajstić information content (AvgIpc) is 2.85. The van der Waals surface area contributed by atoms with Crippen molar-refractivity contribution in [1.29, 1.82) is 0 Å². The zero-order valence-corrected chi connectivity index (χ0v) is 23.1. The summed E-state index contributed by atoms with van der Waals surface area (Å²) in [4.78, 5) is 24.7. The molecule has 0 saturated heterocycles. The van der Waals surface area contributed by atoms with Crippen LogP contribution in [0.25, 0.3) is 0 Å². The number of hydrogen-bond acceptors (Lipinski definition) is 7. The van der Waals surface area contributed by atoms with Gasteiger partial charge in [-0.15, -0.1) is 0 Å². The molecule has 0 aliphatic carbocycles. The lowest BCUT2D eigenvalue weighted by Crippen LogP contribution is -2.54. The molecule has 0 fully saturated rings. The summed E-state index contributed by atoms with van der Waals surface area (Å²) < 4.78 is 22.7. The first kappa shape index (κ1) is 30.3. The summed E-state index contributed by atoms with van der Waals surface area (Å²) in [5, 5.41) is 0. The topological polar surface area (TPSA) is 97.1 Å². The van der Waals surface area contributed by atoms with E-state index in [0.29, 0.717) is 44.0 Å². The molecule has 0 bridgehead atoms. The van der Waals surface area contributed by atoms with Gasteiger partial charge in [0.15, 0.2) is 23.3 Å². The van der Waals surface area contributed by atoms with Gasteiger partial charge in [-0.05, 0) is 68.7 Å². The maximum atomic E-state index is 12.8. The van der Waals surface area contributed by atoms with Gasteiger partial charge in [-0.1, -0.05) is 50.2 Å². The zero-order chi connectivity index (χ0) is 27.5. The molecule has 0 spiro atoms. The molecule has 0 heterocycles. The first-order valence-electron chi connectivity index (χ1n) is 12.9. The fourth-order valence-corrected chi connectivity index (χ4v) is 3.87. The second-order valence-corrected chi connectivity index (χ2v) is 10.8. The van der Waals surface area contributed by atoms with E-state index in [-0.39, 0.29) is 18.3 Å². The predicted octanol–water partition coefficient (Wildman–Crippen LogP) is 5.12. The van der Waals surface area contributed by atoms with Gasteiger partial charge < -0.3 is 29.5 Å². The third-order valence-corrected chi connectivity index (χ3v) is 6.03. The first-order valence-corrected chi connectivity index (χ1v) is 12.9. The van der Waals surface area contributed by atoms with E-state index in [1.807, 2.05) is 48.5 Å². The Balaban J connectivity index is 2.22. The molecule has 0 saturated carbocycles. The Kier molecular flexibility index (Phi) is 11.6. The second-order valence-electron chi connectivity index (χ2n) is 10.8. The number of nitrogens with two attached hydrogens (primary N) is 1. The molecule has 7 heteroatoms. The molecule has 0 amide bonds. The van der Waals surface area contributed by atoms with Crippen molar-refractivity contribution in [1.82, 2.24) is 0 Å². The summed E-state index contributed by atoms with van der Waals surface area (Å²) in [5.41, 5.74) is 5.91. The third-order valence-electron chi connectivity index (χ3n) is 6.03. The minimum atomic E-state index is -1.71. The van der Waals surface area contributed by atoms with Crippen LogP contribution in [0.15, 0.2) is 48.5 Å². The summed E-state index contributed by atoms with van der Waals surface area (Å²) in [5.74, 6) is 0.729. The number of ether oxygens (including phenoxy) is 4. The van der Waals surface area contributed by atoms with Gasteiger partial charge in [-0.25, -0.2) is 4.79 Å². The van der Waals surface area contributed by atoms with Crippen LogP contribution in [0.5, 0.6) is 11.5 Å². The maximum absolute atomic E-state index is 12.8. The molecule has 2 atom stereocenters. The number of rotatable bonds is 15. The van der Waals surface area contributed by atoms with E-state index in [4.69, 9.17) is 24.7 Å². The molecule has 2 aromatic rings. The molecule has 2 aromatic carbocycles. The smallest absolute Gasteiger partial charge is 0.334 e. The molecule has 0 aliphatic rings. The van der Waals surface area contributed by atoms with Crippen LogP contribution in [0.1, 0.15) is 58.6 Å². The van der Waals surface area contributed by atoms with Crippen LogP contribution in [0.3, 0.4) is 0 Å². The van der Waals surface area contributed by atoms with E-state index in [1.54, 1.807) is 27.9 Å². The van der Waals surface area contributed by atoms with Crippen LogP contribution >= 0.6 is 0 Å². The SMILES string of the molecule is COCCCOc1cc(C[C@@H](C[C@](N)(C=O)C(=O)OC(C)(C)C)C(C)C)ccc1OCc1ccccc1. The van der Waals surface area contributed by atoms with E-state index in [0.717, 1.165) is 17.5 Å². The van der Waals surface area contributed by atoms with Crippen molar-refractivity contribution in [3.63, 3.8) is 0 Å². The quantitative estimate of drug-likeness (QED) is 0.153. The minimum absolute atomic E-state index is 0.0415. The average molecular weight is 514 g/mol. The third kappa shape index (κ3) is 10.2. The second kappa shape index (κ2) is 14.1. The zero-order valence-electron chi connectivity index (χ0n) is 23.1. The van der Waals surface area contributed by atoms with Gasteiger partial charge in [-0.2, -0.15) is 0 Å². The predicted molar refractivity (Wildman–Crippen MR) is 145 cm³/mol. The van der Waals surface area contributed by atoms with E-state index < -0.39 is 17.1 Å². The van der Waals surface area contributed by atoms with Crippen LogP contribution < -0.4 is 15.2 Å². The molecule has 37 heavy (non-hydrogen) atoms. The van der Waals surface area contributed by atoms with Crippen LogP contribution in [0.2, 0.25) is 0 Å². The molecule has 2 rings (SSSR count). The monoisotopic (exact) mass is 513 g/mol. The highest BCUT2D eigenvalue weighted by Gasteiger charge is 2.40. The van der Waals surface area contributed by atoms with Crippen molar-refractivity contribution in [3.05, 3.63) is 59.7 Å². The standard InChI is InChI=1S/C30H43NO6/c1-22(2)25(19-30(31,21-32)28(33)37-29(3,4)5)17-24-13-14-26(27(18-24)35-16-10-15-34-6)36-20-23-11-8-7-9-12-23/h7-9,11-14,18,21-22,25H,10,15-17,19-20,31H2,1-6H3/t25-,30-/m0/s1. The highest BCUT2D eigenvalue weighted by atomic mass is 16.6. The molecular formula is C30H43NO6. The normalized spacial score (nSPS) is 14.1. The van der Waals surface area contributed by atoms with Crippen LogP contribution in [-0.2, 0) is 32.1 Å². The summed E-state index contributed by atoms with van der Waals surface area (Å²) in [6, 6.07) is 15.8. The van der Waals surface area contributed by atoms with Gasteiger partial charge in [0.25, 0.3) is 0 Å². The molecule has 2 N–H and O–H groups in total. The largest absolute Gasteiger partial charge is 0.490 e. The molecule has 204 valence electrons. The molecule has 0 radical (unpaired) electrons. The highest BCUT2D eigenvalue weighted by molar-refractivity contribution is 5.98. The number of carbonyl (C=O) groups is 2. The van der Waals surface area contributed by atoms with E-state index in [2.05, 4.69) is 13.8 Å². The molecular weight excluding hydrogens is 470 g/mol. The lowest BCUT2D eigenvalue weighted by atomic mass is 9.79. The summed E-state index contributed by atoms with van der Waals surface area (Å²) in [6.45, 7) is 10.9. The van der Waals surface area contributed by atoms with Crippen LogP contribution in [0, 0.1) is 11.8 Å². The summed E-state index contributed by atoms with van der Waals surface area (Å²) in [7, 11) is 1.66. The van der Waals surface area contributed by atoms with Gasteiger partial charge >= 0.3 is 5.97 Å². The van der Waals surface area contributed by atoms with Gasteiger partial charge in [0, 0.05) is 20.1 Å². The summed E-state index contributed by atoms with van der Waals surface area (Å²) >= 11 is 0. The van der Waals surface area contributed by atoms with Crippen molar-refractivity contribution in [2.45, 2.75) is 71.6 Å². The van der Waals surface area contributed by atoms with Crippen molar-refractivity contribution >= 4 is 12.3 Å². The molecule has 0 unspecified atom stereocenters. The lowest BCUT2D eigenvalue weighted by molar-refractivity contribution is -0.163. The number of esters is 1. The number of carbonyl (C=O) groups excluding carboxylic acids is 2. The van der Waals surface area contributed by atoms with Gasteiger partial charge in [-0.3, -0.25) is 0 Å². The Morgan fingerprint density at radius 2 is 1.68 bits per heavy atom. The minimum Gasteiger partial charge on any atom is -0.490 e. The molecule has 7 nitrogen and oxygen atoms in total. The Bertz CT molecular complexity index is 985. The van der Waals surface area contributed by atoms with Gasteiger partial charge in [0.1, 0.15) is 12.2 Å². The Morgan fingerprint density at radius 3 is 2.27 bits per heavy atom. The number of methoxy groups -OCH3 is 1. The highest BCUT2D eigenvalue weighted by Crippen LogP contribution is 2.33. The maximum Gasteiger partial charge on any atom is 0.334 e. The Morgan fingerprint density at radius 1 is 0.973 bits per heavy atom. The first-order chi connectivity index (χ1) is 17.5. The van der Waals surface area contributed by atoms with E-state index in [1.165, 1.54) is 0 Å². The van der Waals surface area contributed by atoms with Crippen molar-refractivity contribution < 1.29 is 28.5 Å². The van der Waals surface area contributed by atoms with Crippen molar-refractivity contribution in [2.24, 2.45) is 17.6 Å². The van der Waals surface area contributed by atoms with Crippen molar-refractivity contribution in [3.8, 4) is 11.5 Å². The van der Waals surface area contributed by atoms with E-state index >= 15 is 0 Å². The van der Waals surface area contributed by atoms with E-state index in [9.17, 15) is 9.59 Å².